The van der Waals surface area contributed by atoms with Gasteiger partial charge in [-0.2, -0.15) is 0 Å². The average Bonchev–Trinajstić information content (AvgIpc) is 3.47. The van der Waals surface area contributed by atoms with Gasteiger partial charge < -0.3 is 18.9 Å². The molecule has 2 aromatic heterocycles. The summed E-state index contributed by atoms with van der Waals surface area (Å²) in [5.41, 5.74) is 1.62. The van der Waals surface area contributed by atoms with Gasteiger partial charge in [-0.1, -0.05) is 18.2 Å². The molecule has 2 heterocycles. The van der Waals surface area contributed by atoms with Crippen LogP contribution in [0.4, 0.5) is 5.69 Å². The van der Waals surface area contributed by atoms with E-state index in [9.17, 15) is 9.59 Å². The van der Waals surface area contributed by atoms with Crippen molar-refractivity contribution in [2.45, 2.75) is 13.0 Å². The van der Waals surface area contributed by atoms with Crippen LogP contribution < -0.4 is 5.32 Å². The highest BCUT2D eigenvalue weighted by Crippen LogP contribution is 2.23. The van der Waals surface area contributed by atoms with E-state index in [1.807, 2.05) is 30.3 Å². The maximum Gasteiger partial charge on any atom is 0.338 e. The molecule has 0 aliphatic rings. The molecule has 4 rings (SSSR count). The number of ether oxygens (including phenoxy) is 1. The summed E-state index contributed by atoms with van der Waals surface area (Å²) in [7, 11) is 0. The van der Waals surface area contributed by atoms with Crippen molar-refractivity contribution in [2.24, 2.45) is 0 Å². The Hall–Kier alpha value is -4.20. The molecule has 0 saturated carbocycles. The third-order valence-electron chi connectivity index (χ3n) is 4.22. The van der Waals surface area contributed by atoms with Gasteiger partial charge in [-0.15, -0.1) is 10.2 Å². The summed E-state index contributed by atoms with van der Waals surface area (Å²) in [5.74, 6) is -0.183. The lowest BCUT2D eigenvalue weighted by Crippen LogP contribution is -2.12. The Balaban J connectivity index is 1.38. The molecule has 8 nitrogen and oxygen atoms in total. The molecular weight excluding hydrogens is 386 g/mol. The molecule has 2 aromatic carbocycles. The van der Waals surface area contributed by atoms with Gasteiger partial charge >= 0.3 is 5.97 Å². The van der Waals surface area contributed by atoms with Crippen molar-refractivity contribution >= 4 is 17.6 Å². The van der Waals surface area contributed by atoms with Gasteiger partial charge in [-0.3, -0.25) is 4.79 Å². The minimum Gasteiger partial charge on any atom is -0.459 e. The Kier molecular flexibility index (Phi) is 5.38. The lowest BCUT2D eigenvalue weighted by atomic mass is 10.2. The van der Waals surface area contributed by atoms with E-state index in [1.54, 1.807) is 43.3 Å². The largest absolute Gasteiger partial charge is 0.459 e. The van der Waals surface area contributed by atoms with Crippen LogP contribution in [0.3, 0.4) is 0 Å². The van der Waals surface area contributed by atoms with Gasteiger partial charge in [0.25, 0.3) is 11.8 Å². The first-order valence-corrected chi connectivity index (χ1v) is 9.15. The van der Waals surface area contributed by atoms with Crippen molar-refractivity contribution in [2.75, 3.05) is 5.32 Å². The van der Waals surface area contributed by atoms with E-state index >= 15 is 0 Å². The fraction of sp³-hybridized carbons (Fsp3) is 0.0909. The number of amides is 1. The Bertz CT molecular complexity index is 1140. The van der Waals surface area contributed by atoms with E-state index in [0.717, 1.165) is 5.56 Å². The van der Waals surface area contributed by atoms with Crippen LogP contribution in [0.1, 0.15) is 39.8 Å². The van der Waals surface area contributed by atoms with Gasteiger partial charge in [0, 0.05) is 11.3 Å². The summed E-state index contributed by atoms with van der Waals surface area (Å²) in [4.78, 5) is 24.4. The van der Waals surface area contributed by atoms with Gasteiger partial charge in [0.05, 0.1) is 11.8 Å². The van der Waals surface area contributed by atoms with Gasteiger partial charge in [0.1, 0.15) is 0 Å². The van der Waals surface area contributed by atoms with E-state index < -0.39 is 12.1 Å². The number of nitrogens with one attached hydrogen (secondary N) is 1. The number of carbonyl (C=O) groups is 2. The van der Waals surface area contributed by atoms with Crippen LogP contribution in [0.15, 0.2) is 81.8 Å². The maximum atomic E-state index is 12.4. The summed E-state index contributed by atoms with van der Waals surface area (Å²) in [5, 5.41) is 10.6. The second-order valence-electron chi connectivity index (χ2n) is 6.37. The third-order valence-corrected chi connectivity index (χ3v) is 4.22. The van der Waals surface area contributed by atoms with E-state index in [1.165, 1.54) is 6.26 Å². The summed E-state index contributed by atoms with van der Waals surface area (Å²) in [6.45, 7) is 1.65. The zero-order valence-electron chi connectivity index (χ0n) is 15.9. The van der Waals surface area contributed by atoms with E-state index in [-0.39, 0.29) is 17.6 Å². The lowest BCUT2D eigenvalue weighted by molar-refractivity contribution is 0.0280. The first-order chi connectivity index (χ1) is 14.6. The first-order valence-electron chi connectivity index (χ1n) is 9.15. The standard InChI is InChI=1S/C22H17N3O5/c1-14(20-24-25-21(30-20)15-6-3-2-4-7-15)29-22(27)16-9-11-17(12-10-16)23-19(26)18-8-5-13-28-18/h2-14H,1H3,(H,23,26)/t14-/m0/s1. The Morgan fingerprint density at radius 1 is 0.967 bits per heavy atom. The molecular formula is C22H17N3O5. The van der Waals surface area contributed by atoms with Crippen LogP contribution in [0.2, 0.25) is 0 Å². The summed E-state index contributed by atoms with van der Waals surface area (Å²) < 4.78 is 16.1. The van der Waals surface area contributed by atoms with Gasteiger partial charge in [0.2, 0.25) is 5.89 Å². The minimum absolute atomic E-state index is 0.196. The number of nitrogens with zero attached hydrogens (tertiary/aromatic N) is 2. The van der Waals surface area contributed by atoms with E-state index in [4.69, 9.17) is 13.6 Å². The van der Waals surface area contributed by atoms with Crippen LogP contribution in [0, 0.1) is 0 Å². The molecule has 0 aliphatic carbocycles. The quantitative estimate of drug-likeness (QED) is 0.472. The van der Waals surface area contributed by atoms with E-state index in [2.05, 4.69) is 15.5 Å². The number of hydrogen-bond donors (Lipinski definition) is 1. The third kappa shape index (κ3) is 4.27. The molecule has 8 heteroatoms. The number of aromatic nitrogens is 2. The molecule has 0 aliphatic heterocycles. The Morgan fingerprint density at radius 3 is 2.43 bits per heavy atom. The highest BCUT2D eigenvalue weighted by atomic mass is 16.6. The molecule has 0 unspecified atom stereocenters. The molecule has 0 saturated heterocycles. The Labute approximate surface area is 171 Å². The summed E-state index contributed by atoms with van der Waals surface area (Å²) in [6, 6.07) is 18.8. The number of carbonyl (C=O) groups excluding carboxylic acids is 2. The topological polar surface area (TPSA) is 107 Å². The van der Waals surface area contributed by atoms with Crippen LogP contribution in [0.25, 0.3) is 11.5 Å². The normalized spacial score (nSPS) is 11.6. The zero-order chi connectivity index (χ0) is 20.9. The summed E-state index contributed by atoms with van der Waals surface area (Å²) >= 11 is 0. The summed E-state index contributed by atoms with van der Waals surface area (Å²) in [6.07, 6.45) is 0.697. The monoisotopic (exact) mass is 403 g/mol. The second-order valence-corrected chi connectivity index (χ2v) is 6.37. The van der Waals surface area contributed by atoms with Crippen molar-refractivity contribution in [3.05, 3.63) is 90.2 Å². The molecule has 0 spiro atoms. The predicted molar refractivity (Wildman–Crippen MR) is 107 cm³/mol. The fourth-order valence-corrected chi connectivity index (χ4v) is 2.67. The second kappa shape index (κ2) is 8.44. The molecule has 1 N–H and O–H groups in total. The zero-order valence-corrected chi connectivity index (χ0v) is 15.9. The number of benzene rings is 2. The van der Waals surface area contributed by atoms with Crippen molar-refractivity contribution in [3.8, 4) is 11.5 Å². The number of furan rings is 1. The molecule has 4 aromatic rings. The predicted octanol–water partition coefficient (Wildman–Crippen LogP) is 4.50. The van der Waals surface area contributed by atoms with Crippen LogP contribution in [-0.2, 0) is 4.74 Å². The molecule has 30 heavy (non-hydrogen) atoms. The molecule has 0 bridgehead atoms. The number of anilines is 1. The van der Waals surface area contributed by atoms with E-state index in [0.29, 0.717) is 17.1 Å². The first kappa shape index (κ1) is 19.1. The van der Waals surface area contributed by atoms with Gasteiger partial charge in [0.15, 0.2) is 11.9 Å². The number of esters is 1. The fourth-order valence-electron chi connectivity index (χ4n) is 2.67. The number of rotatable bonds is 6. The van der Waals surface area contributed by atoms with Crippen molar-refractivity contribution in [1.82, 2.24) is 10.2 Å². The highest BCUT2D eigenvalue weighted by Gasteiger charge is 2.20. The molecule has 150 valence electrons. The SMILES string of the molecule is C[C@H](OC(=O)c1ccc(NC(=O)c2ccco2)cc1)c1nnc(-c2ccccc2)o1. The van der Waals surface area contributed by atoms with Crippen molar-refractivity contribution in [1.29, 1.82) is 0 Å². The molecule has 1 atom stereocenters. The minimum atomic E-state index is -0.721. The van der Waals surface area contributed by atoms with Gasteiger partial charge in [-0.05, 0) is 55.5 Å². The van der Waals surface area contributed by atoms with Crippen LogP contribution >= 0.6 is 0 Å². The smallest absolute Gasteiger partial charge is 0.338 e. The molecule has 1 amide bonds. The highest BCUT2D eigenvalue weighted by molar-refractivity contribution is 6.02. The van der Waals surface area contributed by atoms with Crippen molar-refractivity contribution < 1.29 is 23.2 Å². The lowest BCUT2D eigenvalue weighted by Gasteiger charge is -2.10. The van der Waals surface area contributed by atoms with Crippen molar-refractivity contribution in [3.63, 3.8) is 0 Å². The molecule has 0 fully saturated rings. The maximum absolute atomic E-state index is 12.4. The Morgan fingerprint density at radius 2 is 1.73 bits per heavy atom. The van der Waals surface area contributed by atoms with Crippen LogP contribution in [-0.4, -0.2) is 22.1 Å². The number of hydrogen-bond acceptors (Lipinski definition) is 7. The molecule has 0 radical (unpaired) electrons. The van der Waals surface area contributed by atoms with Gasteiger partial charge in [-0.25, -0.2) is 4.79 Å². The van der Waals surface area contributed by atoms with Crippen LogP contribution in [0.5, 0.6) is 0 Å². The average molecular weight is 403 g/mol.